The summed E-state index contributed by atoms with van der Waals surface area (Å²) in [5, 5.41) is 16.4. The lowest BCUT2D eigenvalue weighted by atomic mass is 10.1. The summed E-state index contributed by atoms with van der Waals surface area (Å²) < 4.78 is 5.28. The maximum atomic E-state index is 10.3. The summed E-state index contributed by atoms with van der Waals surface area (Å²) in [7, 11) is 0. The van der Waals surface area contributed by atoms with Crippen LogP contribution in [0.15, 0.2) is 9.64 Å². The van der Waals surface area contributed by atoms with Crippen molar-refractivity contribution in [2.75, 3.05) is 5.75 Å². The normalized spacial score (nSPS) is 12.7. The van der Waals surface area contributed by atoms with Crippen LogP contribution in [-0.2, 0) is 11.2 Å². The molecule has 0 bridgehead atoms. The Bertz CT molecular complexity index is 327. The highest BCUT2D eigenvalue weighted by Gasteiger charge is 2.10. The minimum atomic E-state index is -0.887. The van der Waals surface area contributed by atoms with E-state index in [9.17, 15) is 4.79 Å². The van der Waals surface area contributed by atoms with E-state index in [1.54, 1.807) is 0 Å². The minimum Gasteiger partial charge on any atom is -0.481 e. The highest BCUT2D eigenvalue weighted by molar-refractivity contribution is 7.99. The monoisotopic (exact) mass is 230 g/mol. The first-order valence-electron chi connectivity index (χ1n) is 4.78. The average Bonchev–Trinajstić information content (AvgIpc) is 2.62. The number of hydrogen-bond acceptors (Lipinski definition) is 5. The SMILES string of the molecule is CCC(C)Cc1nnc(SCC(=O)O)o1. The molecule has 5 nitrogen and oxygen atoms in total. The fourth-order valence-electron chi connectivity index (χ4n) is 0.945. The maximum Gasteiger partial charge on any atom is 0.314 e. The molecule has 84 valence electrons. The molecule has 0 aliphatic rings. The molecule has 15 heavy (non-hydrogen) atoms. The van der Waals surface area contributed by atoms with Crippen molar-refractivity contribution in [1.82, 2.24) is 10.2 Å². The van der Waals surface area contributed by atoms with Gasteiger partial charge in [-0.25, -0.2) is 0 Å². The van der Waals surface area contributed by atoms with E-state index in [-0.39, 0.29) is 5.75 Å². The second kappa shape index (κ2) is 5.75. The summed E-state index contributed by atoms with van der Waals surface area (Å²) in [6.45, 7) is 4.20. The van der Waals surface area contributed by atoms with Gasteiger partial charge in [0.25, 0.3) is 5.22 Å². The predicted molar refractivity (Wildman–Crippen MR) is 55.8 cm³/mol. The minimum absolute atomic E-state index is 0.0506. The first-order valence-corrected chi connectivity index (χ1v) is 5.77. The van der Waals surface area contributed by atoms with Crippen molar-refractivity contribution in [2.45, 2.75) is 31.9 Å². The number of carbonyl (C=O) groups is 1. The molecule has 1 rings (SSSR count). The molecular weight excluding hydrogens is 216 g/mol. The molecule has 0 aliphatic carbocycles. The van der Waals surface area contributed by atoms with E-state index < -0.39 is 5.97 Å². The van der Waals surface area contributed by atoms with E-state index in [0.29, 0.717) is 17.0 Å². The van der Waals surface area contributed by atoms with E-state index in [2.05, 4.69) is 24.0 Å². The fourth-order valence-corrected chi connectivity index (χ4v) is 1.45. The van der Waals surface area contributed by atoms with Gasteiger partial charge in [0, 0.05) is 6.42 Å². The van der Waals surface area contributed by atoms with Crippen LogP contribution in [0.1, 0.15) is 26.2 Å². The third-order valence-corrected chi connectivity index (χ3v) is 2.79. The standard InChI is InChI=1S/C9H14N2O3S/c1-3-6(2)4-7-10-11-9(14-7)15-5-8(12)13/h6H,3-5H2,1-2H3,(H,12,13). The second-order valence-electron chi connectivity index (χ2n) is 3.36. The second-order valence-corrected chi connectivity index (χ2v) is 4.29. The lowest BCUT2D eigenvalue weighted by molar-refractivity contribution is -0.133. The van der Waals surface area contributed by atoms with Crippen LogP contribution in [-0.4, -0.2) is 27.0 Å². The van der Waals surface area contributed by atoms with Gasteiger partial charge in [0.15, 0.2) is 0 Å². The van der Waals surface area contributed by atoms with Crippen LogP contribution >= 0.6 is 11.8 Å². The summed E-state index contributed by atoms with van der Waals surface area (Å²) in [4.78, 5) is 10.3. The molecule has 1 N–H and O–H groups in total. The molecular formula is C9H14N2O3S. The molecule has 0 fully saturated rings. The Morgan fingerprint density at radius 3 is 2.93 bits per heavy atom. The van der Waals surface area contributed by atoms with E-state index >= 15 is 0 Å². The first-order chi connectivity index (χ1) is 7.11. The molecule has 0 spiro atoms. The Kier molecular flexibility index (Phi) is 4.61. The van der Waals surface area contributed by atoms with Gasteiger partial charge in [-0.05, 0) is 5.92 Å². The zero-order chi connectivity index (χ0) is 11.3. The van der Waals surface area contributed by atoms with Crippen molar-refractivity contribution >= 4 is 17.7 Å². The quantitative estimate of drug-likeness (QED) is 0.751. The highest BCUT2D eigenvalue weighted by Crippen LogP contribution is 2.17. The topological polar surface area (TPSA) is 76.2 Å². The van der Waals surface area contributed by atoms with Crippen LogP contribution in [0.4, 0.5) is 0 Å². The number of thioether (sulfide) groups is 1. The number of nitrogens with zero attached hydrogens (tertiary/aromatic N) is 2. The third kappa shape index (κ3) is 4.33. The molecule has 0 aliphatic heterocycles. The molecule has 0 amide bonds. The van der Waals surface area contributed by atoms with Gasteiger partial charge >= 0.3 is 5.97 Å². The smallest absolute Gasteiger partial charge is 0.314 e. The molecule has 0 saturated heterocycles. The van der Waals surface area contributed by atoms with Crippen LogP contribution in [0, 0.1) is 5.92 Å². The molecule has 0 radical (unpaired) electrons. The largest absolute Gasteiger partial charge is 0.481 e. The highest BCUT2D eigenvalue weighted by atomic mass is 32.2. The zero-order valence-electron chi connectivity index (χ0n) is 8.77. The van der Waals surface area contributed by atoms with Crippen molar-refractivity contribution < 1.29 is 14.3 Å². The van der Waals surface area contributed by atoms with E-state index in [0.717, 1.165) is 24.6 Å². The molecule has 1 unspecified atom stereocenters. The van der Waals surface area contributed by atoms with Crippen molar-refractivity contribution in [3.05, 3.63) is 5.89 Å². The summed E-state index contributed by atoms with van der Waals surface area (Å²) in [5.41, 5.74) is 0. The average molecular weight is 230 g/mol. The molecule has 1 aromatic rings. The van der Waals surface area contributed by atoms with Crippen LogP contribution in [0.2, 0.25) is 0 Å². The number of carboxylic acid groups (broad SMARTS) is 1. The maximum absolute atomic E-state index is 10.3. The molecule has 0 aromatic carbocycles. The van der Waals surface area contributed by atoms with Crippen LogP contribution in [0.25, 0.3) is 0 Å². The van der Waals surface area contributed by atoms with Crippen molar-refractivity contribution in [3.63, 3.8) is 0 Å². The Labute approximate surface area is 92.3 Å². The molecule has 0 saturated carbocycles. The van der Waals surface area contributed by atoms with Crippen molar-refractivity contribution in [3.8, 4) is 0 Å². The lowest BCUT2D eigenvalue weighted by Crippen LogP contribution is -1.97. The number of aliphatic carboxylic acids is 1. The molecule has 1 heterocycles. The Hall–Kier alpha value is -1.04. The molecule has 1 aromatic heterocycles. The van der Waals surface area contributed by atoms with Crippen molar-refractivity contribution in [1.29, 1.82) is 0 Å². The number of carboxylic acids is 1. The number of rotatable bonds is 6. The lowest BCUT2D eigenvalue weighted by Gasteiger charge is -2.02. The fraction of sp³-hybridized carbons (Fsp3) is 0.667. The van der Waals surface area contributed by atoms with Gasteiger partial charge in [0.2, 0.25) is 5.89 Å². The Morgan fingerprint density at radius 1 is 1.60 bits per heavy atom. The summed E-state index contributed by atoms with van der Waals surface area (Å²) in [6.07, 6.45) is 1.80. The Balaban J connectivity index is 2.45. The molecule has 6 heteroatoms. The summed E-state index contributed by atoms with van der Waals surface area (Å²) >= 11 is 1.04. The van der Waals surface area contributed by atoms with Gasteiger partial charge < -0.3 is 9.52 Å². The van der Waals surface area contributed by atoms with Gasteiger partial charge in [0.1, 0.15) is 5.75 Å². The van der Waals surface area contributed by atoms with Crippen LogP contribution in [0.5, 0.6) is 0 Å². The number of hydrogen-bond donors (Lipinski definition) is 1. The van der Waals surface area contributed by atoms with E-state index in [1.807, 2.05) is 0 Å². The van der Waals surface area contributed by atoms with Gasteiger partial charge in [-0.15, -0.1) is 10.2 Å². The molecule has 1 atom stereocenters. The van der Waals surface area contributed by atoms with Crippen LogP contribution in [0.3, 0.4) is 0 Å². The van der Waals surface area contributed by atoms with Crippen LogP contribution < -0.4 is 0 Å². The van der Waals surface area contributed by atoms with Gasteiger partial charge in [0.05, 0.1) is 0 Å². The van der Waals surface area contributed by atoms with Gasteiger partial charge in [-0.3, -0.25) is 4.79 Å². The predicted octanol–water partition coefficient (Wildman–Crippen LogP) is 1.83. The number of aromatic nitrogens is 2. The summed E-state index contributed by atoms with van der Waals surface area (Å²) in [6, 6.07) is 0. The van der Waals surface area contributed by atoms with Gasteiger partial charge in [-0.1, -0.05) is 32.0 Å². The third-order valence-electron chi connectivity index (χ3n) is 1.99. The Morgan fingerprint density at radius 2 is 2.33 bits per heavy atom. The van der Waals surface area contributed by atoms with E-state index in [4.69, 9.17) is 9.52 Å². The van der Waals surface area contributed by atoms with Crippen molar-refractivity contribution in [2.24, 2.45) is 5.92 Å². The van der Waals surface area contributed by atoms with Gasteiger partial charge in [-0.2, -0.15) is 0 Å². The van der Waals surface area contributed by atoms with E-state index in [1.165, 1.54) is 0 Å². The first kappa shape index (κ1) is 12.0. The summed E-state index contributed by atoms with van der Waals surface area (Å²) in [5.74, 6) is 0.145. The zero-order valence-corrected chi connectivity index (χ0v) is 9.58.